The van der Waals surface area contributed by atoms with Crippen LogP contribution in [-0.4, -0.2) is 42.5 Å². The van der Waals surface area contributed by atoms with Crippen molar-refractivity contribution in [1.29, 1.82) is 0 Å². The third-order valence-corrected chi connectivity index (χ3v) is 7.08. The lowest BCUT2D eigenvalue weighted by atomic mass is 9.94. The fourth-order valence-electron chi connectivity index (χ4n) is 4.73. The first-order valence-corrected chi connectivity index (χ1v) is 14.0. The summed E-state index contributed by atoms with van der Waals surface area (Å²) in [4.78, 5) is 13.1. The second-order valence-electron chi connectivity index (χ2n) is 9.37. The number of halogens is 2. The molecule has 40 heavy (non-hydrogen) atoms. The van der Waals surface area contributed by atoms with E-state index in [0.717, 1.165) is 25.9 Å². The highest BCUT2D eigenvalue weighted by molar-refractivity contribution is 7.70. The first-order chi connectivity index (χ1) is 19.4. The van der Waals surface area contributed by atoms with Gasteiger partial charge in [0.15, 0.2) is 11.6 Å². The Labute approximate surface area is 232 Å². The van der Waals surface area contributed by atoms with Gasteiger partial charge in [0.2, 0.25) is 28.5 Å². The number of benzene rings is 2. The number of piperidine rings is 1. The second kappa shape index (κ2) is 12.5. The lowest BCUT2D eigenvalue weighted by molar-refractivity contribution is 0.401. The van der Waals surface area contributed by atoms with Gasteiger partial charge < -0.3 is 15.4 Å². The second-order valence-corrected chi connectivity index (χ2v) is 10.1. The van der Waals surface area contributed by atoms with Crippen LogP contribution in [0.4, 0.5) is 14.7 Å². The molecule has 0 saturated carbocycles. The summed E-state index contributed by atoms with van der Waals surface area (Å²) in [6.45, 7) is 3.35. The number of aromatic nitrogens is 3. The lowest BCUT2D eigenvalue weighted by Crippen LogP contribution is -2.38. The zero-order chi connectivity index (χ0) is 28.1. The molecule has 1 saturated heterocycles. The molecular weight excluding hydrogens is 538 g/mol. The number of aryl methyl sites for hydroxylation is 1. The van der Waals surface area contributed by atoms with Gasteiger partial charge in [0.25, 0.3) is 0 Å². The van der Waals surface area contributed by atoms with Gasteiger partial charge in [0, 0.05) is 30.5 Å². The van der Waals surface area contributed by atoms with E-state index >= 15 is 8.78 Å². The van der Waals surface area contributed by atoms with E-state index in [4.69, 9.17) is 4.74 Å². The van der Waals surface area contributed by atoms with E-state index in [1.54, 1.807) is 61.7 Å². The van der Waals surface area contributed by atoms with E-state index in [9.17, 15) is 8.42 Å². The fourth-order valence-corrected chi connectivity index (χ4v) is 5.22. The first kappa shape index (κ1) is 27.6. The van der Waals surface area contributed by atoms with Crippen molar-refractivity contribution in [1.82, 2.24) is 25.0 Å². The maximum absolute atomic E-state index is 15.6. The zero-order valence-corrected chi connectivity index (χ0v) is 22.5. The minimum Gasteiger partial charge on any atom is -0.435 e. The lowest BCUT2D eigenvalue weighted by Gasteiger charge is -2.23. The van der Waals surface area contributed by atoms with Crippen LogP contribution < -0.4 is 20.1 Å². The Bertz CT molecular complexity index is 1560. The van der Waals surface area contributed by atoms with Gasteiger partial charge in [-0.3, -0.25) is 0 Å². The van der Waals surface area contributed by atoms with Crippen LogP contribution in [0, 0.1) is 18.6 Å². The molecule has 4 aromatic rings. The Kier molecular flexibility index (Phi) is 8.58. The number of ether oxygens (including phenoxy) is 1. The minimum absolute atomic E-state index is 0.0253. The third-order valence-electron chi connectivity index (χ3n) is 6.61. The number of nitrogens with zero attached hydrogens (tertiary/aromatic N) is 3. The van der Waals surface area contributed by atoms with E-state index in [1.807, 2.05) is 0 Å². The first-order valence-electron chi connectivity index (χ1n) is 12.8. The SMILES string of the molecule is Cc1cc(Oc2ncccc2-c2ccnc(N[C@H]3CCCNC3)n2)c(F)c(F)c1[C@@H](N[SH](=O)=O)c1ccccc1. The van der Waals surface area contributed by atoms with Gasteiger partial charge in [0.1, 0.15) is 0 Å². The van der Waals surface area contributed by atoms with Gasteiger partial charge in [0.05, 0.1) is 17.3 Å². The molecule has 0 radical (unpaired) electrons. The van der Waals surface area contributed by atoms with Crippen molar-refractivity contribution in [2.24, 2.45) is 0 Å². The van der Waals surface area contributed by atoms with Gasteiger partial charge in [-0.25, -0.2) is 32.5 Å². The number of pyridine rings is 1. The molecule has 0 bridgehead atoms. The van der Waals surface area contributed by atoms with E-state index in [0.29, 0.717) is 28.3 Å². The van der Waals surface area contributed by atoms with Crippen molar-refractivity contribution in [2.45, 2.75) is 31.8 Å². The number of thiol groups is 1. The molecule has 0 aliphatic carbocycles. The maximum Gasteiger partial charge on any atom is 0.228 e. The van der Waals surface area contributed by atoms with Crippen LogP contribution in [0.25, 0.3) is 11.3 Å². The van der Waals surface area contributed by atoms with Crippen molar-refractivity contribution >= 4 is 16.8 Å². The van der Waals surface area contributed by atoms with Crippen LogP contribution in [0.1, 0.15) is 35.6 Å². The van der Waals surface area contributed by atoms with Gasteiger partial charge in [-0.05, 0) is 61.7 Å². The normalized spacial score (nSPS) is 16.1. The molecule has 5 rings (SSSR count). The Morgan fingerprint density at radius 3 is 2.62 bits per heavy atom. The van der Waals surface area contributed by atoms with Crippen molar-refractivity contribution in [3.05, 3.63) is 95.3 Å². The molecule has 1 aliphatic rings. The Morgan fingerprint density at radius 1 is 1.05 bits per heavy atom. The van der Waals surface area contributed by atoms with Gasteiger partial charge in [-0.1, -0.05) is 30.3 Å². The molecule has 208 valence electrons. The average Bonchev–Trinajstić information content (AvgIpc) is 2.96. The van der Waals surface area contributed by atoms with Crippen molar-refractivity contribution in [3.63, 3.8) is 0 Å². The number of nitrogens with one attached hydrogen (secondary N) is 3. The molecule has 2 atom stereocenters. The van der Waals surface area contributed by atoms with Crippen LogP contribution in [0.15, 0.2) is 67.0 Å². The van der Waals surface area contributed by atoms with E-state index in [2.05, 4.69) is 30.3 Å². The molecule has 9 nitrogen and oxygen atoms in total. The molecule has 2 aromatic heterocycles. The molecule has 1 fully saturated rings. The smallest absolute Gasteiger partial charge is 0.228 e. The largest absolute Gasteiger partial charge is 0.435 e. The topological polar surface area (TPSA) is 118 Å². The van der Waals surface area contributed by atoms with Crippen LogP contribution in [-0.2, 0) is 10.9 Å². The standard InChI is InChI=1S/C28H28F2N6O3S/c1-17-15-22(24(29)25(30)23(17)26(36-40(37)38)18-7-3-2-4-8-18)39-27-20(10-6-13-32-27)21-11-14-33-28(35-21)34-19-9-5-12-31-16-19/h2-4,6-8,10-11,13-15,19,26,31,40H,5,9,12,16H2,1H3,(H,33,34,35)(H,36,37,38)/t19-,26-/m0/s1. The summed E-state index contributed by atoms with van der Waals surface area (Å²) < 4.78 is 62.2. The molecule has 12 heteroatoms. The third kappa shape index (κ3) is 6.24. The number of hydrogen-bond donors (Lipinski definition) is 4. The molecule has 0 spiro atoms. The zero-order valence-electron chi connectivity index (χ0n) is 21.6. The van der Waals surface area contributed by atoms with Crippen LogP contribution >= 0.6 is 0 Å². The highest BCUT2D eigenvalue weighted by Gasteiger charge is 2.27. The van der Waals surface area contributed by atoms with Crippen LogP contribution in [0.5, 0.6) is 11.6 Å². The molecule has 1 aliphatic heterocycles. The molecular formula is C28H28F2N6O3S. The Morgan fingerprint density at radius 2 is 1.88 bits per heavy atom. The molecule has 2 aromatic carbocycles. The van der Waals surface area contributed by atoms with E-state index < -0.39 is 34.3 Å². The number of hydrogen-bond acceptors (Lipinski definition) is 8. The van der Waals surface area contributed by atoms with Crippen molar-refractivity contribution < 1.29 is 21.9 Å². The van der Waals surface area contributed by atoms with E-state index in [-0.39, 0.29) is 17.5 Å². The molecule has 3 heterocycles. The summed E-state index contributed by atoms with van der Waals surface area (Å²) >= 11 is 0. The number of anilines is 1. The predicted octanol–water partition coefficient (Wildman–Crippen LogP) is 4.29. The van der Waals surface area contributed by atoms with Crippen molar-refractivity contribution in [2.75, 3.05) is 18.4 Å². The molecule has 0 amide bonds. The summed E-state index contributed by atoms with van der Waals surface area (Å²) in [5.41, 5.74) is 1.56. The summed E-state index contributed by atoms with van der Waals surface area (Å²) in [6.07, 6.45) is 5.13. The Hall–Kier alpha value is -4.00. The molecule has 3 N–H and O–H groups in total. The summed E-state index contributed by atoms with van der Waals surface area (Å²) in [6, 6.07) is 13.9. The van der Waals surface area contributed by atoms with Gasteiger partial charge in [-0.15, -0.1) is 0 Å². The number of rotatable bonds is 9. The summed E-state index contributed by atoms with van der Waals surface area (Å²) in [5.74, 6) is -2.42. The van der Waals surface area contributed by atoms with Crippen LogP contribution in [0.3, 0.4) is 0 Å². The monoisotopic (exact) mass is 566 g/mol. The quantitative estimate of drug-likeness (QED) is 0.222. The van der Waals surface area contributed by atoms with Crippen molar-refractivity contribution in [3.8, 4) is 22.9 Å². The summed E-state index contributed by atoms with van der Waals surface area (Å²) in [7, 11) is -3.11. The maximum atomic E-state index is 15.6. The fraction of sp³-hybridized carbons (Fsp3) is 0.250. The highest BCUT2D eigenvalue weighted by Crippen LogP contribution is 2.37. The molecule has 0 unspecified atom stereocenters. The predicted molar refractivity (Wildman–Crippen MR) is 148 cm³/mol. The highest BCUT2D eigenvalue weighted by atomic mass is 32.2. The van der Waals surface area contributed by atoms with Crippen LogP contribution in [0.2, 0.25) is 0 Å². The minimum atomic E-state index is -3.11. The van der Waals surface area contributed by atoms with Gasteiger partial charge >= 0.3 is 0 Å². The Balaban J connectivity index is 1.47. The van der Waals surface area contributed by atoms with E-state index in [1.165, 1.54) is 12.3 Å². The average molecular weight is 567 g/mol. The summed E-state index contributed by atoms with van der Waals surface area (Å²) in [5, 5.41) is 6.66. The van der Waals surface area contributed by atoms with Gasteiger partial charge in [-0.2, -0.15) is 4.39 Å².